The van der Waals surface area contributed by atoms with E-state index in [1.54, 1.807) is 18.2 Å². The second-order valence-corrected chi connectivity index (χ2v) is 7.03. The van der Waals surface area contributed by atoms with E-state index in [4.69, 9.17) is 0 Å². The molecular weight excluding hydrogens is 356 g/mol. The van der Waals surface area contributed by atoms with E-state index in [-0.39, 0.29) is 17.3 Å². The van der Waals surface area contributed by atoms with Crippen molar-refractivity contribution in [3.05, 3.63) is 92.2 Å². The molecule has 1 heterocycles. The lowest BCUT2D eigenvalue weighted by Gasteiger charge is -2.35. The number of rotatable bonds is 3. The molecule has 2 aromatic carbocycles. The summed E-state index contributed by atoms with van der Waals surface area (Å²) in [5.41, 5.74) is 4.78. The van der Waals surface area contributed by atoms with E-state index in [0.29, 0.717) is 22.3 Å². The molecule has 1 aliphatic carbocycles. The van der Waals surface area contributed by atoms with Crippen molar-refractivity contribution < 1.29 is 14.5 Å². The van der Waals surface area contributed by atoms with Crippen LogP contribution in [-0.4, -0.2) is 28.4 Å². The standard InChI is InChI=1S/C22H18N2O4/c1-12-18(13(2)25)19(14-8-10-15(11-9-14)24(27)28)20-21(23(12)3)16-6-4-5-7-17(16)22(20)26/h4-11,19H,1-3H3/t19-/m0/s1. The Bertz CT molecular complexity index is 1110. The van der Waals surface area contributed by atoms with E-state index in [1.165, 1.54) is 19.1 Å². The van der Waals surface area contributed by atoms with E-state index in [9.17, 15) is 19.7 Å². The predicted octanol–water partition coefficient (Wildman–Crippen LogP) is 4.09. The summed E-state index contributed by atoms with van der Waals surface area (Å²) in [6.45, 7) is 3.35. The lowest BCUT2D eigenvalue weighted by molar-refractivity contribution is -0.384. The predicted molar refractivity (Wildman–Crippen MR) is 105 cm³/mol. The number of hydrogen-bond donors (Lipinski definition) is 0. The Morgan fingerprint density at radius 1 is 1.07 bits per heavy atom. The van der Waals surface area contributed by atoms with Gasteiger partial charge in [0.2, 0.25) is 0 Å². The molecule has 28 heavy (non-hydrogen) atoms. The second kappa shape index (κ2) is 6.27. The number of benzene rings is 2. The molecule has 0 spiro atoms. The molecule has 0 radical (unpaired) electrons. The maximum atomic E-state index is 13.3. The van der Waals surface area contributed by atoms with Crippen molar-refractivity contribution in [1.29, 1.82) is 0 Å². The Hall–Kier alpha value is -3.54. The van der Waals surface area contributed by atoms with Crippen molar-refractivity contribution in [1.82, 2.24) is 4.90 Å². The van der Waals surface area contributed by atoms with E-state index in [0.717, 1.165) is 17.0 Å². The Labute approximate surface area is 161 Å². The highest BCUT2D eigenvalue weighted by atomic mass is 16.6. The first-order valence-electron chi connectivity index (χ1n) is 8.91. The van der Waals surface area contributed by atoms with Gasteiger partial charge in [0.25, 0.3) is 5.69 Å². The van der Waals surface area contributed by atoms with Gasteiger partial charge < -0.3 is 4.90 Å². The zero-order chi connectivity index (χ0) is 20.2. The maximum Gasteiger partial charge on any atom is 0.269 e. The molecule has 140 valence electrons. The van der Waals surface area contributed by atoms with Crippen molar-refractivity contribution in [3.8, 4) is 0 Å². The van der Waals surface area contributed by atoms with Crippen LogP contribution in [0.3, 0.4) is 0 Å². The smallest absolute Gasteiger partial charge is 0.269 e. The first kappa shape index (κ1) is 17.9. The summed E-state index contributed by atoms with van der Waals surface area (Å²) < 4.78 is 0. The number of ketones is 2. The number of nitro groups is 1. The third-order valence-corrected chi connectivity index (χ3v) is 5.55. The first-order chi connectivity index (χ1) is 13.3. The minimum atomic E-state index is -0.551. The summed E-state index contributed by atoms with van der Waals surface area (Å²) in [4.78, 5) is 38.3. The van der Waals surface area contributed by atoms with Crippen LogP contribution in [0.1, 0.15) is 41.3 Å². The second-order valence-electron chi connectivity index (χ2n) is 7.03. The highest BCUT2D eigenvalue weighted by molar-refractivity contribution is 6.23. The fourth-order valence-electron chi connectivity index (χ4n) is 4.20. The van der Waals surface area contributed by atoms with E-state index in [2.05, 4.69) is 0 Å². The molecule has 0 unspecified atom stereocenters. The highest BCUT2D eigenvalue weighted by Gasteiger charge is 2.43. The monoisotopic (exact) mass is 374 g/mol. The van der Waals surface area contributed by atoms with Crippen LogP contribution in [0.2, 0.25) is 0 Å². The lowest BCUT2D eigenvalue weighted by atomic mass is 9.78. The summed E-state index contributed by atoms with van der Waals surface area (Å²) in [6, 6.07) is 13.5. The molecule has 2 aromatic rings. The van der Waals surface area contributed by atoms with Gasteiger partial charge in [-0.15, -0.1) is 0 Å². The minimum absolute atomic E-state index is 0.0306. The van der Waals surface area contributed by atoms with Crippen LogP contribution in [0.5, 0.6) is 0 Å². The normalized spacial score (nSPS) is 18.3. The first-order valence-corrected chi connectivity index (χ1v) is 8.91. The van der Waals surface area contributed by atoms with Crippen LogP contribution in [0.25, 0.3) is 5.70 Å². The largest absolute Gasteiger partial charge is 0.347 e. The zero-order valence-electron chi connectivity index (χ0n) is 15.7. The van der Waals surface area contributed by atoms with Gasteiger partial charge >= 0.3 is 0 Å². The average Bonchev–Trinajstić information content (AvgIpc) is 2.97. The fraction of sp³-hybridized carbons (Fsp3) is 0.182. The number of carbonyl (C=O) groups is 2. The summed E-state index contributed by atoms with van der Waals surface area (Å²) in [7, 11) is 1.86. The van der Waals surface area contributed by atoms with Gasteiger partial charge in [0.1, 0.15) is 0 Å². The van der Waals surface area contributed by atoms with Crippen molar-refractivity contribution >= 4 is 23.0 Å². The average molecular weight is 374 g/mol. The third-order valence-electron chi connectivity index (χ3n) is 5.55. The number of allylic oxidation sites excluding steroid dienone is 3. The number of hydrogen-bond acceptors (Lipinski definition) is 5. The van der Waals surface area contributed by atoms with Crippen LogP contribution in [0, 0.1) is 10.1 Å². The van der Waals surface area contributed by atoms with Gasteiger partial charge in [-0.05, 0) is 19.4 Å². The van der Waals surface area contributed by atoms with Gasteiger partial charge in [0.15, 0.2) is 11.6 Å². The number of nitro benzene ring substituents is 1. The third kappa shape index (κ3) is 2.41. The molecule has 0 amide bonds. The number of nitrogens with zero attached hydrogens (tertiary/aromatic N) is 2. The Morgan fingerprint density at radius 3 is 2.25 bits per heavy atom. The van der Waals surface area contributed by atoms with Crippen molar-refractivity contribution in [2.75, 3.05) is 7.05 Å². The van der Waals surface area contributed by atoms with Gasteiger partial charge in [0, 0.05) is 53.1 Å². The molecule has 6 nitrogen and oxygen atoms in total. The summed E-state index contributed by atoms with van der Waals surface area (Å²) in [5.74, 6) is -0.778. The number of carbonyl (C=O) groups excluding carboxylic acids is 2. The maximum absolute atomic E-state index is 13.3. The molecule has 1 atom stereocenters. The van der Waals surface area contributed by atoms with Crippen molar-refractivity contribution in [2.24, 2.45) is 0 Å². The molecule has 0 saturated carbocycles. The zero-order valence-corrected chi connectivity index (χ0v) is 15.7. The summed E-state index contributed by atoms with van der Waals surface area (Å²) in [5, 5.41) is 11.0. The molecule has 0 N–H and O–H groups in total. The number of fused-ring (bicyclic) bond motifs is 2. The molecule has 0 fully saturated rings. The van der Waals surface area contributed by atoms with E-state index in [1.807, 2.05) is 37.1 Å². The van der Waals surface area contributed by atoms with Crippen LogP contribution in [0.15, 0.2) is 65.4 Å². The highest BCUT2D eigenvalue weighted by Crippen LogP contribution is 2.49. The van der Waals surface area contributed by atoms with Crippen molar-refractivity contribution in [2.45, 2.75) is 19.8 Å². The van der Waals surface area contributed by atoms with Gasteiger partial charge in [-0.1, -0.05) is 36.4 Å². The molecular formula is C22H18N2O4. The molecule has 1 aliphatic heterocycles. The number of non-ortho nitro benzene ring substituents is 1. The van der Waals surface area contributed by atoms with Gasteiger partial charge in [-0.3, -0.25) is 19.7 Å². The Kier molecular flexibility index (Phi) is 4.00. The Balaban J connectivity index is 1.97. The van der Waals surface area contributed by atoms with Crippen LogP contribution >= 0.6 is 0 Å². The molecule has 6 heteroatoms. The van der Waals surface area contributed by atoms with Gasteiger partial charge in [0.05, 0.1) is 10.6 Å². The van der Waals surface area contributed by atoms with Crippen molar-refractivity contribution in [3.63, 3.8) is 0 Å². The molecule has 0 bridgehead atoms. The number of Topliss-reactive ketones (excluding diaryl/α,β-unsaturated/α-hetero) is 2. The fourth-order valence-corrected chi connectivity index (χ4v) is 4.20. The quantitative estimate of drug-likeness (QED) is 0.597. The Morgan fingerprint density at radius 2 is 1.68 bits per heavy atom. The molecule has 4 rings (SSSR count). The SMILES string of the molecule is CC(=O)C1=C(C)N(C)C2=C(C(=O)c3ccccc32)[C@H]1c1ccc([N+](=O)[O-])cc1. The summed E-state index contributed by atoms with van der Waals surface area (Å²) >= 11 is 0. The molecule has 0 aromatic heterocycles. The topological polar surface area (TPSA) is 80.5 Å². The van der Waals surface area contributed by atoms with Crippen LogP contribution in [0.4, 0.5) is 5.69 Å². The van der Waals surface area contributed by atoms with Gasteiger partial charge in [-0.25, -0.2) is 0 Å². The van der Waals surface area contributed by atoms with Gasteiger partial charge in [-0.2, -0.15) is 0 Å². The van der Waals surface area contributed by atoms with Crippen LogP contribution < -0.4 is 0 Å². The van der Waals surface area contributed by atoms with E-state index < -0.39 is 10.8 Å². The molecule has 0 saturated heterocycles. The van der Waals surface area contributed by atoms with E-state index >= 15 is 0 Å². The summed E-state index contributed by atoms with van der Waals surface area (Å²) in [6.07, 6.45) is 0. The lowest BCUT2D eigenvalue weighted by Crippen LogP contribution is -2.29. The minimum Gasteiger partial charge on any atom is -0.347 e. The molecule has 2 aliphatic rings. The van der Waals surface area contributed by atoms with Crippen LogP contribution in [-0.2, 0) is 4.79 Å².